The molecule has 0 aliphatic heterocycles. The average molecular weight is 458 g/mol. The van der Waals surface area contributed by atoms with Gasteiger partial charge in [-0.05, 0) is 42.7 Å². The van der Waals surface area contributed by atoms with Crippen LogP contribution in [0.1, 0.15) is 21.6 Å². The fourth-order valence-electron chi connectivity index (χ4n) is 3.87. The number of amides is 1. The highest BCUT2D eigenvalue weighted by Gasteiger charge is 2.17. The van der Waals surface area contributed by atoms with Gasteiger partial charge in [-0.25, -0.2) is 4.98 Å². The van der Waals surface area contributed by atoms with Crippen LogP contribution in [0, 0.1) is 6.92 Å². The van der Waals surface area contributed by atoms with Gasteiger partial charge in [0, 0.05) is 29.8 Å². The molecule has 3 heterocycles. The van der Waals surface area contributed by atoms with Crippen LogP contribution in [0.15, 0.2) is 66.6 Å². The van der Waals surface area contributed by atoms with E-state index >= 15 is 0 Å². The number of rotatable bonds is 7. The van der Waals surface area contributed by atoms with Gasteiger partial charge in [0.2, 0.25) is 0 Å². The molecule has 0 unspecified atom stereocenters. The van der Waals surface area contributed by atoms with Crippen LogP contribution in [0.4, 0.5) is 5.69 Å². The van der Waals surface area contributed by atoms with Crippen molar-refractivity contribution in [2.75, 3.05) is 12.4 Å². The number of thiazole rings is 1. The Balaban J connectivity index is 1.27. The third-order valence-electron chi connectivity index (χ3n) is 5.54. The number of nitrogens with one attached hydrogen (secondary N) is 2. The van der Waals surface area contributed by atoms with Crippen LogP contribution in [0.5, 0.6) is 5.75 Å². The van der Waals surface area contributed by atoms with E-state index in [2.05, 4.69) is 26.4 Å². The van der Waals surface area contributed by atoms with Crippen molar-refractivity contribution in [3.63, 3.8) is 0 Å². The number of aromatic amines is 1. The van der Waals surface area contributed by atoms with Crippen molar-refractivity contribution < 1.29 is 9.53 Å². The summed E-state index contributed by atoms with van der Waals surface area (Å²) in [5, 5.41) is 8.47. The quantitative estimate of drug-likeness (QED) is 0.347. The highest BCUT2D eigenvalue weighted by molar-refractivity contribution is 7.13. The van der Waals surface area contributed by atoms with Gasteiger partial charge < -0.3 is 15.0 Å². The van der Waals surface area contributed by atoms with Crippen molar-refractivity contribution in [3.05, 3.63) is 83.4 Å². The number of hydrogen-bond acceptors (Lipinski definition) is 5. The largest absolute Gasteiger partial charge is 0.497 e. The maximum atomic E-state index is 12.9. The van der Waals surface area contributed by atoms with E-state index in [1.165, 1.54) is 16.9 Å². The summed E-state index contributed by atoms with van der Waals surface area (Å²) in [7, 11) is 1.67. The fourth-order valence-corrected chi connectivity index (χ4v) is 4.65. The second-order valence-electron chi connectivity index (χ2n) is 7.82. The number of fused-ring (bicyclic) bond motifs is 1. The first-order chi connectivity index (χ1) is 16.1. The zero-order valence-electron chi connectivity index (χ0n) is 18.3. The van der Waals surface area contributed by atoms with Crippen LogP contribution in [0.25, 0.3) is 21.3 Å². The SMILES string of the molecule is COc1ccc2[nH]cc(CCn3cc(NC(=O)c4ncsc4-c4cccc(C)c4)cn3)c2c1. The molecule has 166 valence electrons. The average Bonchev–Trinajstić information content (AvgIpc) is 3.57. The molecule has 0 atom stereocenters. The fraction of sp³-hybridized carbons (Fsp3) is 0.160. The summed E-state index contributed by atoms with van der Waals surface area (Å²) >= 11 is 1.46. The molecule has 0 saturated heterocycles. The number of carbonyl (C=O) groups is 1. The minimum atomic E-state index is -0.240. The minimum Gasteiger partial charge on any atom is -0.497 e. The van der Waals surface area contributed by atoms with Crippen LogP contribution < -0.4 is 10.1 Å². The van der Waals surface area contributed by atoms with Crippen LogP contribution in [-0.2, 0) is 13.0 Å². The number of ether oxygens (including phenoxy) is 1. The van der Waals surface area contributed by atoms with Crippen molar-refractivity contribution in [1.29, 1.82) is 0 Å². The molecule has 8 heteroatoms. The number of aryl methyl sites for hydroxylation is 3. The van der Waals surface area contributed by atoms with E-state index in [4.69, 9.17) is 4.74 Å². The Bertz CT molecular complexity index is 1430. The second kappa shape index (κ2) is 8.91. The van der Waals surface area contributed by atoms with Gasteiger partial charge in [-0.2, -0.15) is 5.10 Å². The van der Waals surface area contributed by atoms with Crippen molar-refractivity contribution in [1.82, 2.24) is 19.7 Å². The van der Waals surface area contributed by atoms with Gasteiger partial charge in [0.1, 0.15) is 11.4 Å². The third-order valence-corrected chi connectivity index (χ3v) is 6.41. The van der Waals surface area contributed by atoms with E-state index in [0.29, 0.717) is 17.9 Å². The Morgan fingerprint density at radius 3 is 3.00 bits per heavy atom. The summed E-state index contributed by atoms with van der Waals surface area (Å²) in [6, 6.07) is 14.1. The maximum absolute atomic E-state index is 12.9. The molecule has 0 fully saturated rings. The molecular weight excluding hydrogens is 434 g/mol. The predicted molar refractivity (Wildman–Crippen MR) is 131 cm³/mol. The first-order valence-electron chi connectivity index (χ1n) is 10.6. The molecule has 0 bridgehead atoms. The summed E-state index contributed by atoms with van der Waals surface area (Å²) in [5.41, 5.74) is 7.17. The first-order valence-corrected chi connectivity index (χ1v) is 11.5. The lowest BCUT2D eigenvalue weighted by molar-refractivity contribution is 0.102. The number of hydrogen-bond donors (Lipinski definition) is 2. The Labute approximate surface area is 195 Å². The van der Waals surface area contributed by atoms with E-state index < -0.39 is 0 Å². The summed E-state index contributed by atoms with van der Waals surface area (Å²) in [5.74, 6) is 0.593. The van der Waals surface area contributed by atoms with Crippen LogP contribution >= 0.6 is 11.3 Å². The standard InChI is InChI=1S/C25H23N5O2S/c1-16-4-3-5-17(10-16)24-23(27-15-33-24)25(31)29-19-13-28-30(14-19)9-8-18-12-26-22-7-6-20(32-2)11-21(18)22/h3-7,10-15,26H,8-9H2,1-2H3,(H,29,31). The van der Waals surface area contributed by atoms with E-state index in [9.17, 15) is 4.79 Å². The van der Waals surface area contributed by atoms with E-state index in [-0.39, 0.29) is 5.91 Å². The zero-order valence-corrected chi connectivity index (χ0v) is 19.1. The van der Waals surface area contributed by atoms with Gasteiger partial charge in [-0.1, -0.05) is 29.8 Å². The molecule has 5 aromatic rings. The van der Waals surface area contributed by atoms with E-state index in [1.54, 1.807) is 18.8 Å². The molecule has 0 aliphatic carbocycles. The Kier molecular flexibility index (Phi) is 5.66. The lowest BCUT2D eigenvalue weighted by Crippen LogP contribution is -2.13. The van der Waals surface area contributed by atoms with Gasteiger partial charge in [-0.3, -0.25) is 9.48 Å². The van der Waals surface area contributed by atoms with Crippen molar-refractivity contribution >= 4 is 33.8 Å². The predicted octanol–water partition coefficient (Wildman–Crippen LogP) is 5.30. The van der Waals surface area contributed by atoms with Gasteiger partial charge >= 0.3 is 0 Å². The number of H-pyrrole nitrogens is 1. The summed E-state index contributed by atoms with van der Waals surface area (Å²) < 4.78 is 7.18. The van der Waals surface area contributed by atoms with Crippen LogP contribution in [-0.4, -0.2) is 32.8 Å². The van der Waals surface area contributed by atoms with Crippen LogP contribution in [0.3, 0.4) is 0 Å². The monoisotopic (exact) mass is 457 g/mol. The van der Waals surface area contributed by atoms with Gasteiger partial charge in [0.15, 0.2) is 0 Å². The van der Waals surface area contributed by atoms with Crippen LogP contribution in [0.2, 0.25) is 0 Å². The number of carbonyl (C=O) groups excluding carboxylic acids is 1. The van der Waals surface area contributed by atoms with E-state index in [1.807, 2.05) is 60.4 Å². The molecule has 0 aliphatic rings. The topological polar surface area (TPSA) is 84.8 Å². The van der Waals surface area contributed by atoms with Gasteiger partial charge in [0.05, 0.1) is 29.4 Å². The molecule has 2 aromatic carbocycles. The first kappa shape index (κ1) is 21.0. The number of nitrogens with zero attached hydrogens (tertiary/aromatic N) is 3. The Morgan fingerprint density at radius 1 is 1.24 bits per heavy atom. The molecule has 0 saturated carbocycles. The molecule has 33 heavy (non-hydrogen) atoms. The molecule has 5 rings (SSSR count). The second-order valence-corrected chi connectivity index (χ2v) is 8.68. The molecule has 1 amide bonds. The highest BCUT2D eigenvalue weighted by Crippen LogP contribution is 2.29. The normalized spacial score (nSPS) is 11.1. The lowest BCUT2D eigenvalue weighted by Gasteiger charge is -2.05. The minimum absolute atomic E-state index is 0.240. The number of benzene rings is 2. The van der Waals surface area contributed by atoms with Crippen molar-refractivity contribution in [3.8, 4) is 16.2 Å². The highest BCUT2D eigenvalue weighted by atomic mass is 32.1. The van der Waals surface area contributed by atoms with Crippen molar-refractivity contribution in [2.24, 2.45) is 0 Å². The maximum Gasteiger partial charge on any atom is 0.275 e. The Hall–Kier alpha value is -3.91. The molecule has 0 spiro atoms. The number of aromatic nitrogens is 4. The summed E-state index contributed by atoms with van der Waals surface area (Å²) in [6.07, 6.45) is 6.32. The van der Waals surface area contributed by atoms with Crippen molar-refractivity contribution in [2.45, 2.75) is 19.9 Å². The molecule has 7 nitrogen and oxygen atoms in total. The molecule has 3 aromatic heterocycles. The van der Waals surface area contributed by atoms with Gasteiger partial charge in [0.25, 0.3) is 5.91 Å². The number of methoxy groups -OCH3 is 1. The number of anilines is 1. The molecule has 0 radical (unpaired) electrons. The van der Waals surface area contributed by atoms with Gasteiger partial charge in [-0.15, -0.1) is 11.3 Å². The molecule has 2 N–H and O–H groups in total. The summed E-state index contributed by atoms with van der Waals surface area (Å²) in [6.45, 7) is 2.72. The summed E-state index contributed by atoms with van der Waals surface area (Å²) in [4.78, 5) is 21.4. The lowest BCUT2D eigenvalue weighted by atomic mass is 10.1. The third kappa shape index (κ3) is 4.38. The van der Waals surface area contributed by atoms with E-state index in [0.717, 1.165) is 39.1 Å². The zero-order chi connectivity index (χ0) is 22.8. The smallest absolute Gasteiger partial charge is 0.275 e. The Morgan fingerprint density at radius 2 is 2.15 bits per heavy atom. The molecular formula is C25H23N5O2S.